The molecule has 5 heteroatoms. The molecule has 0 bridgehead atoms. The molecule has 0 aromatic heterocycles. The highest BCUT2D eigenvalue weighted by atomic mass is 19.1. The van der Waals surface area contributed by atoms with E-state index >= 15 is 0 Å². The van der Waals surface area contributed by atoms with Gasteiger partial charge >= 0.3 is 0 Å². The molecule has 0 radical (unpaired) electrons. The number of hydrogen-bond acceptors (Lipinski definition) is 2. The van der Waals surface area contributed by atoms with E-state index in [-0.39, 0.29) is 11.5 Å². The summed E-state index contributed by atoms with van der Waals surface area (Å²) in [5, 5.41) is 2.87. The Kier molecular flexibility index (Phi) is 4.06. The lowest BCUT2D eigenvalue weighted by Gasteiger charge is -2.12. The molecule has 19 heavy (non-hydrogen) atoms. The minimum atomic E-state index is -0.776. The van der Waals surface area contributed by atoms with Gasteiger partial charge in [-0.25, -0.2) is 13.2 Å². The number of halogens is 3. The third-order valence-electron chi connectivity index (χ3n) is 2.47. The first-order chi connectivity index (χ1) is 9.10. The van der Waals surface area contributed by atoms with Gasteiger partial charge in [0.2, 0.25) is 0 Å². The van der Waals surface area contributed by atoms with Gasteiger partial charge in [0.15, 0.2) is 11.6 Å². The van der Waals surface area contributed by atoms with Gasteiger partial charge in [0.25, 0.3) is 0 Å². The van der Waals surface area contributed by atoms with Crippen molar-refractivity contribution in [1.82, 2.24) is 5.32 Å². The second-order valence-corrected chi connectivity index (χ2v) is 3.97. The summed E-state index contributed by atoms with van der Waals surface area (Å²) in [6.45, 7) is 0.380. The Morgan fingerprint density at radius 1 is 1.05 bits per heavy atom. The van der Waals surface area contributed by atoms with Gasteiger partial charge in [0.1, 0.15) is 17.4 Å². The van der Waals surface area contributed by atoms with E-state index in [0.29, 0.717) is 12.1 Å². The van der Waals surface area contributed by atoms with Crippen molar-refractivity contribution in [2.45, 2.75) is 6.54 Å². The highest BCUT2D eigenvalue weighted by Gasteiger charge is 2.11. The first kappa shape index (κ1) is 13.4. The molecule has 0 atom stereocenters. The number of hydrogen-bond donors (Lipinski definition) is 1. The van der Waals surface area contributed by atoms with Crippen LogP contribution < -0.4 is 10.1 Å². The van der Waals surface area contributed by atoms with Crippen molar-refractivity contribution in [3.8, 4) is 11.5 Å². The van der Waals surface area contributed by atoms with Crippen LogP contribution in [0.25, 0.3) is 0 Å². The number of benzene rings is 2. The SMILES string of the molecule is CNCc1cccc(F)c1Oc1cc(F)cc(F)c1. The zero-order valence-corrected chi connectivity index (χ0v) is 10.2. The fourth-order valence-electron chi connectivity index (χ4n) is 1.70. The van der Waals surface area contributed by atoms with E-state index in [1.807, 2.05) is 0 Å². The van der Waals surface area contributed by atoms with Crippen molar-refractivity contribution in [1.29, 1.82) is 0 Å². The van der Waals surface area contributed by atoms with Gasteiger partial charge in [-0.15, -0.1) is 0 Å². The minimum absolute atomic E-state index is 0.0400. The van der Waals surface area contributed by atoms with Crippen LogP contribution in [0.2, 0.25) is 0 Å². The monoisotopic (exact) mass is 267 g/mol. The average molecular weight is 267 g/mol. The number of para-hydroxylation sites is 1. The summed E-state index contributed by atoms with van der Waals surface area (Å²) in [7, 11) is 1.70. The van der Waals surface area contributed by atoms with Crippen LogP contribution in [0.1, 0.15) is 5.56 Å². The van der Waals surface area contributed by atoms with Crippen molar-refractivity contribution in [2.24, 2.45) is 0 Å². The molecule has 0 aliphatic heterocycles. The van der Waals surface area contributed by atoms with Crippen molar-refractivity contribution in [2.75, 3.05) is 7.05 Å². The topological polar surface area (TPSA) is 21.3 Å². The highest BCUT2D eigenvalue weighted by Crippen LogP contribution is 2.29. The lowest BCUT2D eigenvalue weighted by molar-refractivity contribution is 0.427. The van der Waals surface area contributed by atoms with Crippen LogP contribution >= 0.6 is 0 Å². The molecule has 100 valence electrons. The lowest BCUT2D eigenvalue weighted by atomic mass is 10.2. The van der Waals surface area contributed by atoms with Crippen molar-refractivity contribution >= 4 is 0 Å². The smallest absolute Gasteiger partial charge is 0.167 e. The molecular formula is C14H12F3NO. The molecule has 2 nitrogen and oxygen atoms in total. The largest absolute Gasteiger partial charge is 0.454 e. The van der Waals surface area contributed by atoms with Gasteiger partial charge in [-0.2, -0.15) is 0 Å². The third kappa shape index (κ3) is 3.26. The fourth-order valence-corrected chi connectivity index (χ4v) is 1.70. The van der Waals surface area contributed by atoms with Crippen molar-refractivity contribution < 1.29 is 17.9 Å². The second kappa shape index (κ2) is 5.75. The molecule has 0 saturated heterocycles. The van der Waals surface area contributed by atoms with Crippen molar-refractivity contribution in [3.63, 3.8) is 0 Å². The maximum atomic E-state index is 13.7. The summed E-state index contributed by atoms with van der Waals surface area (Å²) < 4.78 is 45.1. The molecule has 0 saturated carbocycles. The predicted molar refractivity (Wildman–Crippen MR) is 65.6 cm³/mol. The summed E-state index contributed by atoms with van der Waals surface area (Å²) in [5.74, 6) is -2.26. The summed E-state index contributed by atoms with van der Waals surface area (Å²) in [6, 6.07) is 7.16. The van der Waals surface area contributed by atoms with E-state index in [1.54, 1.807) is 19.2 Å². The molecule has 0 aliphatic rings. The zero-order valence-electron chi connectivity index (χ0n) is 10.2. The molecule has 2 aromatic carbocycles. The van der Waals surface area contributed by atoms with E-state index < -0.39 is 17.5 Å². The lowest BCUT2D eigenvalue weighted by Crippen LogP contribution is -2.07. The highest BCUT2D eigenvalue weighted by molar-refractivity contribution is 5.39. The summed E-state index contributed by atoms with van der Waals surface area (Å²) in [6.07, 6.45) is 0. The van der Waals surface area contributed by atoms with E-state index in [2.05, 4.69) is 5.32 Å². The van der Waals surface area contributed by atoms with Crippen molar-refractivity contribution in [3.05, 3.63) is 59.4 Å². The molecule has 2 aromatic rings. The zero-order chi connectivity index (χ0) is 13.8. The molecule has 0 heterocycles. The maximum Gasteiger partial charge on any atom is 0.167 e. The van der Waals surface area contributed by atoms with E-state index in [9.17, 15) is 13.2 Å². The quantitative estimate of drug-likeness (QED) is 0.913. The molecule has 0 spiro atoms. The molecule has 0 amide bonds. The first-order valence-electron chi connectivity index (χ1n) is 5.66. The van der Waals surface area contributed by atoms with Gasteiger partial charge in [0, 0.05) is 30.3 Å². The fraction of sp³-hybridized carbons (Fsp3) is 0.143. The van der Waals surface area contributed by atoms with Crippen LogP contribution in [0.5, 0.6) is 11.5 Å². The van der Waals surface area contributed by atoms with E-state index in [0.717, 1.165) is 18.2 Å². The molecule has 0 aliphatic carbocycles. The van der Waals surface area contributed by atoms with Gasteiger partial charge in [-0.05, 0) is 13.1 Å². The Morgan fingerprint density at radius 2 is 1.74 bits per heavy atom. The Balaban J connectivity index is 2.36. The molecular weight excluding hydrogens is 255 g/mol. The number of nitrogens with one attached hydrogen (secondary N) is 1. The Morgan fingerprint density at radius 3 is 2.37 bits per heavy atom. The van der Waals surface area contributed by atoms with Crippen LogP contribution in [0.4, 0.5) is 13.2 Å². The normalized spacial score (nSPS) is 10.5. The molecule has 0 unspecified atom stereocenters. The second-order valence-electron chi connectivity index (χ2n) is 3.97. The standard InChI is InChI=1S/C14H12F3NO/c1-18-8-9-3-2-4-13(17)14(9)19-12-6-10(15)5-11(16)7-12/h2-7,18H,8H2,1H3. The van der Waals surface area contributed by atoms with Crippen LogP contribution in [0.15, 0.2) is 36.4 Å². The minimum Gasteiger partial charge on any atom is -0.454 e. The number of rotatable bonds is 4. The molecule has 0 fully saturated rings. The van der Waals surface area contributed by atoms with Gasteiger partial charge in [-0.3, -0.25) is 0 Å². The number of ether oxygens (including phenoxy) is 1. The first-order valence-corrected chi connectivity index (χ1v) is 5.66. The van der Waals surface area contributed by atoms with Crippen LogP contribution in [-0.4, -0.2) is 7.05 Å². The van der Waals surface area contributed by atoms with E-state index in [1.165, 1.54) is 6.07 Å². The molecule has 2 rings (SSSR count). The Labute approximate surface area is 108 Å². The van der Waals surface area contributed by atoms with E-state index in [4.69, 9.17) is 4.74 Å². The third-order valence-corrected chi connectivity index (χ3v) is 2.47. The van der Waals surface area contributed by atoms with Crippen LogP contribution in [0.3, 0.4) is 0 Å². The summed E-state index contributed by atoms with van der Waals surface area (Å²) >= 11 is 0. The maximum absolute atomic E-state index is 13.7. The molecule has 1 N–H and O–H groups in total. The Bertz CT molecular complexity index is 567. The van der Waals surface area contributed by atoms with Crippen LogP contribution in [-0.2, 0) is 6.54 Å². The average Bonchev–Trinajstić information content (AvgIpc) is 2.32. The summed E-state index contributed by atoms with van der Waals surface area (Å²) in [4.78, 5) is 0. The van der Waals surface area contributed by atoms with Gasteiger partial charge in [0.05, 0.1) is 0 Å². The summed E-state index contributed by atoms with van der Waals surface area (Å²) in [5.41, 5.74) is 0.562. The Hall–Kier alpha value is -2.01. The predicted octanol–water partition coefficient (Wildman–Crippen LogP) is 3.62. The van der Waals surface area contributed by atoms with Gasteiger partial charge in [-0.1, -0.05) is 12.1 Å². The van der Waals surface area contributed by atoms with Crippen LogP contribution in [0, 0.1) is 17.5 Å². The van der Waals surface area contributed by atoms with Gasteiger partial charge < -0.3 is 10.1 Å².